The monoisotopic (exact) mass is 428 g/mol. The number of sulfonamides is 1. The van der Waals surface area contributed by atoms with Crippen molar-refractivity contribution >= 4 is 33.5 Å². The highest BCUT2D eigenvalue weighted by atomic mass is 32.2. The summed E-state index contributed by atoms with van der Waals surface area (Å²) in [7, 11) is -3.85. The van der Waals surface area contributed by atoms with Crippen molar-refractivity contribution in [3.05, 3.63) is 59.7 Å². The van der Waals surface area contributed by atoms with E-state index in [1.165, 1.54) is 28.6 Å². The van der Waals surface area contributed by atoms with Crippen molar-refractivity contribution < 1.29 is 27.5 Å². The lowest BCUT2D eigenvalue weighted by atomic mass is 10.2. The predicted molar refractivity (Wildman–Crippen MR) is 107 cm³/mol. The molecular formula is C21H20N2O6S. The Morgan fingerprint density at radius 3 is 2.57 bits per heavy atom. The van der Waals surface area contributed by atoms with Gasteiger partial charge in [-0.3, -0.25) is 18.8 Å². The lowest BCUT2D eigenvalue weighted by Gasteiger charge is -2.20. The smallest absolute Gasteiger partial charge is 0.338 e. The molecule has 4 rings (SSSR count). The molecule has 30 heavy (non-hydrogen) atoms. The van der Waals surface area contributed by atoms with Gasteiger partial charge in [0.05, 0.1) is 16.1 Å². The molecule has 0 unspecified atom stereocenters. The normalized spacial score (nSPS) is 15.9. The maximum Gasteiger partial charge on any atom is 0.338 e. The summed E-state index contributed by atoms with van der Waals surface area (Å²) in [5.41, 5.74) is 1.60. The molecule has 1 fully saturated rings. The lowest BCUT2D eigenvalue weighted by Crippen LogP contribution is -2.35. The van der Waals surface area contributed by atoms with Crippen molar-refractivity contribution in [1.82, 2.24) is 4.90 Å². The summed E-state index contributed by atoms with van der Waals surface area (Å²) >= 11 is 0. The number of fused-ring (bicyclic) bond motifs is 1. The molecule has 2 heterocycles. The van der Waals surface area contributed by atoms with E-state index in [9.17, 15) is 22.8 Å². The zero-order chi connectivity index (χ0) is 21.3. The van der Waals surface area contributed by atoms with Crippen LogP contribution in [0.1, 0.15) is 28.8 Å². The van der Waals surface area contributed by atoms with Gasteiger partial charge in [0.1, 0.15) is 0 Å². The Bertz CT molecular complexity index is 1130. The van der Waals surface area contributed by atoms with Crippen LogP contribution >= 0.6 is 0 Å². The average Bonchev–Trinajstić information content (AvgIpc) is 3.38. The molecule has 9 heteroatoms. The molecule has 2 aliphatic rings. The van der Waals surface area contributed by atoms with E-state index >= 15 is 0 Å². The Morgan fingerprint density at radius 1 is 1.00 bits per heavy atom. The third-order valence-electron chi connectivity index (χ3n) is 5.20. The molecule has 0 N–H and O–H groups in total. The number of benzene rings is 2. The van der Waals surface area contributed by atoms with Crippen LogP contribution in [-0.4, -0.2) is 50.8 Å². The van der Waals surface area contributed by atoms with Crippen LogP contribution in [0.4, 0.5) is 5.69 Å². The molecule has 2 aliphatic heterocycles. The highest BCUT2D eigenvalue weighted by molar-refractivity contribution is 7.92. The van der Waals surface area contributed by atoms with E-state index in [1.807, 2.05) is 12.1 Å². The number of hydrogen-bond acceptors (Lipinski definition) is 6. The second-order valence-corrected chi connectivity index (χ2v) is 8.96. The maximum absolute atomic E-state index is 13.1. The topological polar surface area (TPSA) is 101 Å². The number of hydrogen-bond donors (Lipinski definition) is 0. The minimum absolute atomic E-state index is 0.0177. The Balaban J connectivity index is 1.49. The fourth-order valence-corrected chi connectivity index (χ4v) is 5.22. The molecule has 2 amide bonds. The van der Waals surface area contributed by atoms with E-state index in [4.69, 9.17) is 4.74 Å². The van der Waals surface area contributed by atoms with Gasteiger partial charge in [-0.15, -0.1) is 0 Å². The van der Waals surface area contributed by atoms with Crippen LogP contribution in [0.3, 0.4) is 0 Å². The third-order valence-corrected chi connectivity index (χ3v) is 7.01. The summed E-state index contributed by atoms with van der Waals surface area (Å²) in [6.45, 7) is 0.0794. The second kappa shape index (κ2) is 7.91. The Kier molecular flexibility index (Phi) is 5.29. The first-order valence-electron chi connectivity index (χ1n) is 9.59. The van der Waals surface area contributed by atoms with Crippen LogP contribution in [0.2, 0.25) is 0 Å². The van der Waals surface area contributed by atoms with Crippen molar-refractivity contribution in [3.63, 3.8) is 0 Å². The molecule has 2 aromatic carbocycles. The lowest BCUT2D eigenvalue weighted by molar-refractivity contribution is -0.143. The quantitative estimate of drug-likeness (QED) is 0.673. The van der Waals surface area contributed by atoms with E-state index in [1.54, 1.807) is 12.1 Å². The predicted octanol–water partition coefficient (Wildman–Crippen LogP) is 1.74. The summed E-state index contributed by atoms with van der Waals surface area (Å²) in [5.74, 6) is -1.69. The number of likely N-dealkylation sites (tertiary alicyclic amines) is 1. The van der Waals surface area contributed by atoms with Gasteiger partial charge in [0, 0.05) is 19.5 Å². The van der Waals surface area contributed by atoms with Crippen LogP contribution in [0.15, 0.2) is 53.4 Å². The number of esters is 1. The van der Waals surface area contributed by atoms with Crippen molar-refractivity contribution in [3.8, 4) is 0 Å². The number of imide groups is 1. The van der Waals surface area contributed by atoms with E-state index in [2.05, 4.69) is 0 Å². The number of nitrogens with zero attached hydrogens (tertiary/aromatic N) is 2. The van der Waals surface area contributed by atoms with Gasteiger partial charge in [0.2, 0.25) is 5.91 Å². The van der Waals surface area contributed by atoms with Crippen LogP contribution in [0.25, 0.3) is 0 Å². The van der Waals surface area contributed by atoms with E-state index in [0.717, 1.165) is 10.5 Å². The molecule has 1 saturated heterocycles. The number of carbonyl (C=O) groups excluding carboxylic acids is 3. The van der Waals surface area contributed by atoms with Crippen molar-refractivity contribution in [2.24, 2.45) is 0 Å². The van der Waals surface area contributed by atoms with Gasteiger partial charge < -0.3 is 4.74 Å². The van der Waals surface area contributed by atoms with Gasteiger partial charge in [-0.05, 0) is 42.7 Å². The summed E-state index contributed by atoms with van der Waals surface area (Å²) in [6.07, 6.45) is 1.52. The second-order valence-electron chi connectivity index (χ2n) is 7.10. The molecule has 0 bridgehead atoms. The molecule has 0 radical (unpaired) electrons. The third kappa shape index (κ3) is 3.68. The van der Waals surface area contributed by atoms with Crippen LogP contribution < -0.4 is 4.31 Å². The SMILES string of the molecule is O=C(OCC(=O)N1CCCC1=O)c1cccc(S(=O)(=O)N2CCc3ccccc32)c1. The maximum atomic E-state index is 13.1. The molecule has 0 atom stereocenters. The first-order valence-corrected chi connectivity index (χ1v) is 11.0. The van der Waals surface area contributed by atoms with Crippen LogP contribution in [-0.2, 0) is 30.8 Å². The van der Waals surface area contributed by atoms with E-state index in [0.29, 0.717) is 38.0 Å². The van der Waals surface area contributed by atoms with E-state index in [-0.39, 0.29) is 16.4 Å². The van der Waals surface area contributed by atoms with E-state index < -0.39 is 28.5 Å². The van der Waals surface area contributed by atoms with Gasteiger partial charge in [0.15, 0.2) is 6.61 Å². The standard InChI is InChI=1S/C21H20N2O6S/c24-19-9-4-11-22(19)20(25)14-29-21(26)16-6-3-7-17(13-16)30(27,28)23-12-10-15-5-1-2-8-18(15)23/h1-3,5-8,13H,4,9-12,14H2. The zero-order valence-electron chi connectivity index (χ0n) is 16.1. The van der Waals surface area contributed by atoms with Crippen LogP contribution in [0.5, 0.6) is 0 Å². The molecule has 0 aromatic heterocycles. The number of amides is 2. The van der Waals surface area contributed by atoms with Gasteiger partial charge in [0.25, 0.3) is 15.9 Å². The summed E-state index contributed by atoms with van der Waals surface area (Å²) in [5, 5.41) is 0. The highest BCUT2D eigenvalue weighted by Crippen LogP contribution is 2.32. The number of rotatable bonds is 5. The van der Waals surface area contributed by atoms with Gasteiger partial charge in [-0.25, -0.2) is 13.2 Å². The van der Waals surface area contributed by atoms with Gasteiger partial charge in [-0.2, -0.15) is 0 Å². The van der Waals surface area contributed by atoms with Crippen LogP contribution in [0, 0.1) is 0 Å². The summed E-state index contributed by atoms with van der Waals surface area (Å²) < 4.78 is 32.6. The zero-order valence-corrected chi connectivity index (χ0v) is 16.9. The van der Waals surface area contributed by atoms with Gasteiger partial charge in [-0.1, -0.05) is 24.3 Å². The highest BCUT2D eigenvalue weighted by Gasteiger charge is 2.31. The van der Waals surface area contributed by atoms with Crippen molar-refractivity contribution in [2.75, 3.05) is 24.0 Å². The number of carbonyl (C=O) groups is 3. The molecule has 0 saturated carbocycles. The van der Waals surface area contributed by atoms with Crippen molar-refractivity contribution in [2.45, 2.75) is 24.2 Å². The van der Waals surface area contributed by atoms with Gasteiger partial charge >= 0.3 is 5.97 Å². The Hall–Kier alpha value is -3.20. The first kappa shape index (κ1) is 20.1. The summed E-state index contributed by atoms with van der Waals surface area (Å²) in [6, 6.07) is 12.8. The van der Waals surface area contributed by atoms with Crippen molar-refractivity contribution in [1.29, 1.82) is 0 Å². The number of anilines is 1. The number of para-hydroxylation sites is 1. The molecule has 0 spiro atoms. The molecule has 156 valence electrons. The fourth-order valence-electron chi connectivity index (χ4n) is 3.67. The Morgan fingerprint density at radius 2 is 1.80 bits per heavy atom. The fraction of sp³-hybridized carbons (Fsp3) is 0.286. The largest absolute Gasteiger partial charge is 0.452 e. The first-order chi connectivity index (χ1) is 14.4. The summed E-state index contributed by atoms with van der Waals surface area (Å²) in [4.78, 5) is 37.0. The minimum atomic E-state index is -3.85. The molecule has 8 nitrogen and oxygen atoms in total. The minimum Gasteiger partial charge on any atom is -0.452 e. The number of ether oxygens (including phenoxy) is 1. The molecule has 0 aliphatic carbocycles. The molecule has 2 aromatic rings. The average molecular weight is 428 g/mol. The Labute approximate surface area is 174 Å². The molecular weight excluding hydrogens is 408 g/mol.